The summed E-state index contributed by atoms with van der Waals surface area (Å²) in [5.74, 6) is 0.935. The average Bonchev–Trinajstić information content (AvgIpc) is 3.06. The molecule has 2 aromatic rings. The van der Waals surface area contributed by atoms with Crippen LogP contribution in [0.25, 0.3) is 11.3 Å². The molecular weight excluding hydrogens is 238 g/mol. The van der Waals surface area contributed by atoms with Gasteiger partial charge in [0.15, 0.2) is 0 Å². The first-order valence-electron chi connectivity index (χ1n) is 6.31. The maximum atomic E-state index is 11.9. The monoisotopic (exact) mass is 253 g/mol. The molecule has 1 aliphatic rings. The molecule has 1 aromatic carbocycles. The predicted octanol–water partition coefficient (Wildman–Crippen LogP) is 2.62. The number of imidazole rings is 1. The Balaban J connectivity index is 1.86. The van der Waals surface area contributed by atoms with Crippen molar-refractivity contribution in [1.29, 1.82) is 0 Å². The molecule has 0 saturated carbocycles. The predicted molar refractivity (Wildman–Crippen MR) is 74.7 cm³/mol. The molecule has 1 atom stereocenters. The van der Waals surface area contributed by atoms with Crippen molar-refractivity contribution >= 4 is 11.9 Å². The summed E-state index contributed by atoms with van der Waals surface area (Å²) in [6.07, 6.45) is 4.11. The zero-order valence-electron chi connectivity index (χ0n) is 10.5. The SMILES string of the molecule is C=CC1CC(=O)N(c2ncc(-c3ccccc3)[nH]2)C1. The van der Waals surface area contributed by atoms with E-state index in [1.807, 2.05) is 36.4 Å². The maximum absolute atomic E-state index is 11.9. The van der Waals surface area contributed by atoms with E-state index in [1.54, 1.807) is 11.1 Å². The highest BCUT2D eigenvalue weighted by Gasteiger charge is 2.30. The molecule has 96 valence electrons. The molecular formula is C15H15N3O. The average molecular weight is 253 g/mol. The van der Waals surface area contributed by atoms with E-state index in [4.69, 9.17) is 0 Å². The molecule has 4 nitrogen and oxygen atoms in total. The van der Waals surface area contributed by atoms with Gasteiger partial charge in [-0.2, -0.15) is 0 Å². The zero-order chi connectivity index (χ0) is 13.2. The van der Waals surface area contributed by atoms with Crippen molar-refractivity contribution in [2.75, 3.05) is 11.4 Å². The van der Waals surface area contributed by atoms with Crippen LogP contribution in [-0.2, 0) is 4.79 Å². The van der Waals surface area contributed by atoms with Gasteiger partial charge in [-0.05, 0) is 5.56 Å². The van der Waals surface area contributed by atoms with Crippen LogP contribution >= 0.6 is 0 Å². The van der Waals surface area contributed by atoms with Gasteiger partial charge in [-0.3, -0.25) is 9.69 Å². The Morgan fingerprint density at radius 3 is 2.84 bits per heavy atom. The number of hydrogen-bond donors (Lipinski definition) is 1. The van der Waals surface area contributed by atoms with Crippen molar-refractivity contribution < 1.29 is 4.79 Å². The Morgan fingerprint density at radius 1 is 1.37 bits per heavy atom. The van der Waals surface area contributed by atoms with E-state index in [-0.39, 0.29) is 11.8 Å². The number of anilines is 1. The second kappa shape index (κ2) is 4.72. The topological polar surface area (TPSA) is 49.0 Å². The smallest absolute Gasteiger partial charge is 0.229 e. The van der Waals surface area contributed by atoms with Crippen LogP contribution in [0.1, 0.15) is 6.42 Å². The van der Waals surface area contributed by atoms with Gasteiger partial charge in [-0.1, -0.05) is 36.4 Å². The first kappa shape index (κ1) is 11.7. The lowest BCUT2D eigenvalue weighted by Gasteiger charge is -2.11. The van der Waals surface area contributed by atoms with Crippen LogP contribution in [-0.4, -0.2) is 22.4 Å². The number of carbonyl (C=O) groups is 1. The number of H-pyrrole nitrogens is 1. The van der Waals surface area contributed by atoms with Crippen molar-refractivity contribution in [2.24, 2.45) is 5.92 Å². The zero-order valence-corrected chi connectivity index (χ0v) is 10.5. The normalized spacial score (nSPS) is 18.8. The number of aromatic amines is 1. The van der Waals surface area contributed by atoms with Crippen molar-refractivity contribution in [3.63, 3.8) is 0 Å². The fraction of sp³-hybridized carbons (Fsp3) is 0.200. The van der Waals surface area contributed by atoms with Crippen LogP contribution in [0.2, 0.25) is 0 Å². The summed E-state index contributed by atoms with van der Waals surface area (Å²) in [7, 11) is 0. The minimum atomic E-state index is 0.0962. The Bertz CT molecular complexity index is 603. The number of aromatic nitrogens is 2. The third kappa shape index (κ3) is 2.17. The lowest BCUT2D eigenvalue weighted by Crippen LogP contribution is -2.25. The van der Waals surface area contributed by atoms with Crippen LogP contribution in [0, 0.1) is 5.92 Å². The number of benzene rings is 1. The van der Waals surface area contributed by atoms with Crippen LogP contribution in [0.4, 0.5) is 5.95 Å². The molecule has 0 bridgehead atoms. The molecule has 0 radical (unpaired) electrons. The Morgan fingerprint density at radius 2 is 2.16 bits per heavy atom. The summed E-state index contributed by atoms with van der Waals surface area (Å²) in [6, 6.07) is 9.94. The van der Waals surface area contributed by atoms with Gasteiger partial charge in [-0.15, -0.1) is 6.58 Å². The minimum absolute atomic E-state index is 0.0962. The van der Waals surface area contributed by atoms with E-state index in [0.29, 0.717) is 18.9 Å². The van der Waals surface area contributed by atoms with E-state index in [1.165, 1.54) is 0 Å². The summed E-state index contributed by atoms with van der Waals surface area (Å²) < 4.78 is 0. The van der Waals surface area contributed by atoms with E-state index in [9.17, 15) is 4.79 Å². The maximum Gasteiger partial charge on any atom is 0.229 e. The molecule has 19 heavy (non-hydrogen) atoms. The van der Waals surface area contributed by atoms with E-state index < -0.39 is 0 Å². The number of amides is 1. The van der Waals surface area contributed by atoms with Crippen LogP contribution in [0.15, 0.2) is 49.2 Å². The molecule has 1 aromatic heterocycles. The van der Waals surface area contributed by atoms with Crippen LogP contribution in [0.5, 0.6) is 0 Å². The minimum Gasteiger partial charge on any atom is -0.324 e. The van der Waals surface area contributed by atoms with E-state index in [2.05, 4.69) is 16.5 Å². The molecule has 3 rings (SSSR count). The molecule has 1 N–H and O–H groups in total. The lowest BCUT2D eigenvalue weighted by atomic mass is 10.1. The Hall–Kier alpha value is -2.36. The second-order valence-corrected chi connectivity index (χ2v) is 4.69. The van der Waals surface area contributed by atoms with Gasteiger partial charge in [-0.25, -0.2) is 4.98 Å². The molecule has 0 spiro atoms. The molecule has 1 fully saturated rings. The number of carbonyl (C=O) groups excluding carboxylic acids is 1. The van der Waals surface area contributed by atoms with Crippen molar-refractivity contribution in [3.05, 3.63) is 49.2 Å². The molecule has 0 aliphatic carbocycles. The molecule has 4 heteroatoms. The van der Waals surface area contributed by atoms with Crippen molar-refractivity contribution in [2.45, 2.75) is 6.42 Å². The largest absolute Gasteiger partial charge is 0.324 e. The third-order valence-electron chi connectivity index (χ3n) is 3.39. The summed E-state index contributed by atoms with van der Waals surface area (Å²) in [6.45, 7) is 4.41. The highest BCUT2D eigenvalue weighted by atomic mass is 16.2. The van der Waals surface area contributed by atoms with Crippen molar-refractivity contribution in [1.82, 2.24) is 9.97 Å². The molecule has 1 unspecified atom stereocenters. The second-order valence-electron chi connectivity index (χ2n) is 4.69. The highest BCUT2D eigenvalue weighted by molar-refractivity contribution is 5.94. The standard InChI is InChI=1S/C15H15N3O/c1-2-11-8-14(19)18(10-11)15-16-9-13(17-15)12-6-4-3-5-7-12/h2-7,9,11H,1,8,10H2,(H,16,17). The summed E-state index contributed by atoms with van der Waals surface area (Å²) >= 11 is 0. The molecule has 1 amide bonds. The van der Waals surface area contributed by atoms with Gasteiger partial charge >= 0.3 is 0 Å². The number of nitrogens with one attached hydrogen (secondary N) is 1. The molecule has 1 aliphatic heterocycles. The fourth-order valence-corrected chi connectivity index (χ4v) is 2.31. The molecule has 1 saturated heterocycles. The highest BCUT2D eigenvalue weighted by Crippen LogP contribution is 2.25. The quantitative estimate of drug-likeness (QED) is 0.855. The first-order valence-corrected chi connectivity index (χ1v) is 6.31. The third-order valence-corrected chi connectivity index (χ3v) is 3.39. The Kier molecular flexibility index (Phi) is 2.91. The van der Waals surface area contributed by atoms with Gasteiger partial charge < -0.3 is 4.98 Å². The number of hydrogen-bond acceptors (Lipinski definition) is 2. The number of nitrogens with zero attached hydrogens (tertiary/aromatic N) is 2. The first-order chi connectivity index (χ1) is 9.28. The summed E-state index contributed by atoms with van der Waals surface area (Å²) in [4.78, 5) is 21.1. The Labute approximate surface area is 111 Å². The van der Waals surface area contributed by atoms with Gasteiger partial charge in [0.05, 0.1) is 11.9 Å². The van der Waals surface area contributed by atoms with Crippen LogP contribution in [0.3, 0.4) is 0 Å². The van der Waals surface area contributed by atoms with E-state index in [0.717, 1.165) is 11.3 Å². The number of rotatable bonds is 3. The van der Waals surface area contributed by atoms with Gasteiger partial charge in [0, 0.05) is 18.9 Å². The van der Waals surface area contributed by atoms with Crippen LogP contribution < -0.4 is 4.90 Å². The molecule has 2 heterocycles. The summed E-state index contributed by atoms with van der Waals surface area (Å²) in [5.41, 5.74) is 1.98. The van der Waals surface area contributed by atoms with Gasteiger partial charge in [0.25, 0.3) is 0 Å². The van der Waals surface area contributed by atoms with Gasteiger partial charge in [0.1, 0.15) is 0 Å². The summed E-state index contributed by atoms with van der Waals surface area (Å²) in [5, 5.41) is 0. The van der Waals surface area contributed by atoms with E-state index >= 15 is 0 Å². The fourth-order valence-electron chi connectivity index (χ4n) is 2.31. The van der Waals surface area contributed by atoms with Crippen molar-refractivity contribution in [3.8, 4) is 11.3 Å². The van der Waals surface area contributed by atoms with Gasteiger partial charge in [0.2, 0.25) is 11.9 Å². The lowest BCUT2D eigenvalue weighted by molar-refractivity contribution is -0.117.